The van der Waals surface area contributed by atoms with E-state index in [0.29, 0.717) is 23.4 Å². The van der Waals surface area contributed by atoms with Gasteiger partial charge >= 0.3 is 0 Å². The zero-order valence-electron chi connectivity index (χ0n) is 17.6. The number of aromatic nitrogens is 3. The maximum atomic E-state index is 12.8. The van der Waals surface area contributed by atoms with Gasteiger partial charge in [0, 0.05) is 34.8 Å². The van der Waals surface area contributed by atoms with E-state index in [1.54, 1.807) is 29.2 Å². The second-order valence-corrected chi connectivity index (χ2v) is 7.98. The molecule has 1 amide bonds. The van der Waals surface area contributed by atoms with E-state index in [4.69, 9.17) is 0 Å². The fraction of sp³-hybridized carbons (Fsp3) is 0.115. The number of hydrogen-bond acceptors (Lipinski definition) is 3. The van der Waals surface area contributed by atoms with Crippen molar-refractivity contribution in [2.75, 3.05) is 0 Å². The number of Topliss-reactive ketones (excluding diaryl/α,β-unsaturated/α-hetero) is 1. The minimum Gasteiger partial charge on any atom is -0.354 e. The van der Waals surface area contributed by atoms with Crippen LogP contribution in [-0.2, 0) is 11.3 Å². The zero-order chi connectivity index (χ0) is 22.1. The zero-order valence-corrected chi connectivity index (χ0v) is 17.6. The molecule has 0 radical (unpaired) electrons. The SMILES string of the molecule is Cc1ccc(Cn2cc(C(=O)NC3=CCC(=O)C(c4cc5ccccc5[nH]4)=C3)cn2)cc1. The second-order valence-electron chi connectivity index (χ2n) is 7.98. The number of amides is 1. The quantitative estimate of drug-likeness (QED) is 0.501. The molecule has 2 heterocycles. The van der Waals surface area contributed by atoms with E-state index in [0.717, 1.165) is 22.2 Å². The van der Waals surface area contributed by atoms with Gasteiger partial charge in [-0.15, -0.1) is 0 Å². The molecule has 4 aromatic rings. The van der Waals surface area contributed by atoms with Crippen LogP contribution in [0, 0.1) is 6.92 Å². The number of benzene rings is 2. The fourth-order valence-electron chi connectivity index (χ4n) is 3.79. The van der Waals surface area contributed by atoms with Crippen molar-refractivity contribution in [1.29, 1.82) is 0 Å². The molecule has 32 heavy (non-hydrogen) atoms. The largest absolute Gasteiger partial charge is 0.354 e. The lowest BCUT2D eigenvalue weighted by molar-refractivity contribution is -0.113. The lowest BCUT2D eigenvalue weighted by Gasteiger charge is -2.13. The highest BCUT2D eigenvalue weighted by Crippen LogP contribution is 2.26. The molecule has 0 fully saturated rings. The first kappa shape index (κ1) is 19.8. The van der Waals surface area contributed by atoms with Crippen LogP contribution >= 0.6 is 0 Å². The van der Waals surface area contributed by atoms with E-state index in [9.17, 15) is 9.59 Å². The number of carbonyl (C=O) groups excluding carboxylic acids is 2. The van der Waals surface area contributed by atoms with Gasteiger partial charge in [0.2, 0.25) is 0 Å². The van der Waals surface area contributed by atoms with Crippen molar-refractivity contribution in [3.05, 3.63) is 107 Å². The molecule has 0 spiro atoms. The average Bonchev–Trinajstić information content (AvgIpc) is 3.44. The number of H-pyrrole nitrogens is 1. The third-order valence-electron chi connectivity index (χ3n) is 5.55. The summed E-state index contributed by atoms with van der Waals surface area (Å²) in [5.41, 5.74) is 5.68. The summed E-state index contributed by atoms with van der Waals surface area (Å²) in [6, 6.07) is 18.1. The minimum absolute atomic E-state index is 0.0143. The summed E-state index contributed by atoms with van der Waals surface area (Å²) >= 11 is 0. The molecular weight excluding hydrogens is 400 g/mol. The number of para-hydroxylation sites is 1. The number of hydrogen-bond donors (Lipinski definition) is 2. The molecule has 2 N–H and O–H groups in total. The van der Waals surface area contributed by atoms with Crippen LogP contribution in [0.25, 0.3) is 16.5 Å². The van der Waals surface area contributed by atoms with E-state index in [1.807, 2.05) is 37.3 Å². The average molecular weight is 422 g/mol. The summed E-state index contributed by atoms with van der Waals surface area (Å²) in [4.78, 5) is 28.6. The Bertz CT molecular complexity index is 1350. The van der Waals surface area contributed by atoms with Gasteiger partial charge in [-0.2, -0.15) is 5.10 Å². The van der Waals surface area contributed by atoms with Gasteiger partial charge in [-0.05, 0) is 30.7 Å². The Morgan fingerprint density at radius 2 is 1.97 bits per heavy atom. The lowest BCUT2D eigenvalue weighted by atomic mass is 9.98. The summed E-state index contributed by atoms with van der Waals surface area (Å²) in [6.45, 7) is 2.64. The van der Waals surface area contributed by atoms with E-state index in [2.05, 4.69) is 39.7 Å². The summed E-state index contributed by atoms with van der Waals surface area (Å²) in [5, 5.41) is 8.25. The highest BCUT2D eigenvalue weighted by atomic mass is 16.1. The van der Waals surface area contributed by atoms with Gasteiger partial charge in [0.05, 0.1) is 24.0 Å². The Balaban J connectivity index is 1.31. The Hall–Kier alpha value is -4.19. The molecule has 6 heteroatoms. The summed E-state index contributed by atoms with van der Waals surface area (Å²) < 4.78 is 1.74. The molecule has 0 unspecified atom stereocenters. The molecule has 158 valence electrons. The van der Waals surface area contributed by atoms with Gasteiger partial charge in [-0.1, -0.05) is 54.1 Å². The smallest absolute Gasteiger partial charge is 0.258 e. The van der Waals surface area contributed by atoms with Gasteiger partial charge in [-0.25, -0.2) is 0 Å². The van der Waals surface area contributed by atoms with Gasteiger partial charge in [0.25, 0.3) is 5.91 Å². The number of rotatable bonds is 5. The van der Waals surface area contributed by atoms with Crippen molar-refractivity contribution >= 4 is 28.2 Å². The van der Waals surface area contributed by atoms with Crippen LogP contribution in [0.4, 0.5) is 0 Å². The van der Waals surface area contributed by atoms with Gasteiger partial charge in [-0.3, -0.25) is 14.3 Å². The second kappa shape index (κ2) is 8.15. The van der Waals surface area contributed by atoms with Crippen molar-refractivity contribution in [3.63, 3.8) is 0 Å². The highest BCUT2D eigenvalue weighted by Gasteiger charge is 2.19. The Kier molecular flexibility index (Phi) is 5.03. The number of aryl methyl sites for hydroxylation is 1. The molecule has 1 aliphatic carbocycles. The molecule has 0 saturated carbocycles. The third-order valence-corrected chi connectivity index (χ3v) is 5.55. The standard InChI is InChI=1S/C26H22N4O2/c1-17-6-8-18(9-7-17)15-30-16-20(14-27-30)26(32)28-21-10-11-25(31)22(13-21)24-12-19-4-2-3-5-23(19)29-24/h2-10,12-14,16,29H,11,15H2,1H3,(H,28,32). The molecule has 2 aromatic heterocycles. The van der Waals surface area contributed by atoms with Crippen molar-refractivity contribution in [1.82, 2.24) is 20.1 Å². The normalized spacial score (nSPS) is 13.7. The first-order valence-corrected chi connectivity index (χ1v) is 10.5. The number of fused-ring (bicyclic) bond motifs is 1. The number of allylic oxidation sites excluding steroid dienone is 3. The maximum Gasteiger partial charge on any atom is 0.258 e. The summed E-state index contributed by atoms with van der Waals surface area (Å²) in [7, 11) is 0. The number of nitrogens with zero attached hydrogens (tertiary/aromatic N) is 2. The minimum atomic E-state index is -0.256. The molecule has 5 rings (SSSR count). The summed E-state index contributed by atoms with van der Waals surface area (Å²) in [5.74, 6) is -0.242. The van der Waals surface area contributed by atoms with Crippen LogP contribution in [-0.4, -0.2) is 26.5 Å². The van der Waals surface area contributed by atoms with Crippen molar-refractivity contribution in [3.8, 4) is 0 Å². The number of nitrogens with one attached hydrogen (secondary N) is 2. The van der Waals surface area contributed by atoms with Crippen LogP contribution in [0.15, 0.2) is 84.8 Å². The maximum absolute atomic E-state index is 12.8. The van der Waals surface area contributed by atoms with E-state index in [1.165, 1.54) is 5.56 Å². The Morgan fingerprint density at radius 1 is 1.16 bits per heavy atom. The molecular formula is C26H22N4O2. The van der Waals surface area contributed by atoms with Crippen LogP contribution in [0.3, 0.4) is 0 Å². The molecule has 2 aromatic carbocycles. The lowest BCUT2D eigenvalue weighted by Crippen LogP contribution is -2.23. The van der Waals surface area contributed by atoms with E-state index >= 15 is 0 Å². The summed E-state index contributed by atoms with van der Waals surface area (Å²) in [6.07, 6.45) is 6.99. The topological polar surface area (TPSA) is 79.8 Å². The molecule has 0 atom stereocenters. The molecule has 0 aliphatic heterocycles. The molecule has 1 aliphatic rings. The van der Waals surface area contributed by atoms with E-state index < -0.39 is 0 Å². The van der Waals surface area contributed by atoms with Crippen molar-refractivity contribution in [2.24, 2.45) is 0 Å². The third kappa shape index (κ3) is 4.03. The molecule has 6 nitrogen and oxygen atoms in total. The highest BCUT2D eigenvalue weighted by molar-refractivity contribution is 6.23. The van der Waals surface area contributed by atoms with Gasteiger partial charge in [0.15, 0.2) is 5.78 Å². The predicted molar refractivity (Wildman–Crippen MR) is 124 cm³/mol. The first-order valence-electron chi connectivity index (χ1n) is 10.5. The molecule has 0 bridgehead atoms. The van der Waals surface area contributed by atoms with Crippen LogP contribution < -0.4 is 5.32 Å². The van der Waals surface area contributed by atoms with Crippen LogP contribution in [0.2, 0.25) is 0 Å². The molecule has 0 saturated heterocycles. The Morgan fingerprint density at radius 3 is 2.78 bits per heavy atom. The number of carbonyl (C=O) groups is 2. The fourth-order valence-corrected chi connectivity index (χ4v) is 3.79. The number of aromatic amines is 1. The predicted octanol–water partition coefficient (Wildman–Crippen LogP) is 4.39. The Labute approximate surface area is 185 Å². The number of ketones is 1. The van der Waals surface area contributed by atoms with Gasteiger partial charge < -0.3 is 10.3 Å². The van der Waals surface area contributed by atoms with Crippen LogP contribution in [0.1, 0.15) is 33.6 Å². The van der Waals surface area contributed by atoms with Gasteiger partial charge in [0.1, 0.15) is 0 Å². The van der Waals surface area contributed by atoms with Crippen molar-refractivity contribution in [2.45, 2.75) is 19.9 Å². The van der Waals surface area contributed by atoms with Crippen molar-refractivity contribution < 1.29 is 9.59 Å². The van der Waals surface area contributed by atoms with Crippen LogP contribution in [0.5, 0.6) is 0 Å². The van der Waals surface area contributed by atoms with E-state index in [-0.39, 0.29) is 18.1 Å². The monoisotopic (exact) mass is 422 g/mol. The first-order chi connectivity index (χ1) is 15.5.